The lowest BCUT2D eigenvalue weighted by Crippen LogP contribution is -1.99. The summed E-state index contributed by atoms with van der Waals surface area (Å²) in [7, 11) is 1.71. The van der Waals surface area contributed by atoms with Crippen molar-refractivity contribution in [2.45, 2.75) is 6.61 Å². The summed E-state index contributed by atoms with van der Waals surface area (Å²) >= 11 is 0. The molecule has 0 bridgehead atoms. The van der Waals surface area contributed by atoms with Crippen molar-refractivity contribution in [1.82, 2.24) is 20.2 Å². The van der Waals surface area contributed by atoms with Gasteiger partial charge in [-0.2, -0.15) is 4.80 Å². The molecule has 6 heteroatoms. The van der Waals surface area contributed by atoms with Crippen molar-refractivity contribution in [1.29, 1.82) is 0 Å². The highest BCUT2D eigenvalue weighted by Gasteiger charge is 2.01. The van der Waals surface area contributed by atoms with Gasteiger partial charge in [-0.3, -0.25) is 0 Å². The molecule has 2 N–H and O–H groups in total. The average Bonchev–Trinajstić information content (AvgIpc) is 2.80. The van der Waals surface area contributed by atoms with Crippen molar-refractivity contribution in [2.75, 3.05) is 6.54 Å². The fourth-order valence-electron chi connectivity index (χ4n) is 1.35. The molecule has 0 aliphatic heterocycles. The molecule has 1 aromatic carbocycles. The van der Waals surface area contributed by atoms with E-state index in [1.54, 1.807) is 7.05 Å². The van der Waals surface area contributed by atoms with Crippen LogP contribution in [0.1, 0.15) is 11.4 Å². The largest absolute Gasteiger partial charge is 0.485 e. The van der Waals surface area contributed by atoms with Gasteiger partial charge in [0, 0.05) is 5.56 Å². The first kappa shape index (κ1) is 12.1. The van der Waals surface area contributed by atoms with E-state index in [4.69, 9.17) is 10.5 Å². The van der Waals surface area contributed by atoms with Crippen molar-refractivity contribution in [3.8, 4) is 17.6 Å². The fourth-order valence-corrected chi connectivity index (χ4v) is 1.35. The minimum absolute atomic E-state index is 0.279. The Bertz CT molecular complexity index is 581. The first-order valence-electron chi connectivity index (χ1n) is 5.42. The molecule has 0 atom stereocenters. The van der Waals surface area contributed by atoms with Crippen LogP contribution in [0.15, 0.2) is 24.3 Å². The Morgan fingerprint density at radius 1 is 1.44 bits per heavy atom. The number of hydrogen-bond acceptors (Lipinski definition) is 5. The maximum absolute atomic E-state index is 5.55. The molecule has 2 aromatic rings. The second-order valence-electron chi connectivity index (χ2n) is 3.52. The van der Waals surface area contributed by atoms with Gasteiger partial charge in [-0.25, -0.2) is 0 Å². The van der Waals surface area contributed by atoms with Gasteiger partial charge in [0.1, 0.15) is 5.75 Å². The van der Waals surface area contributed by atoms with Crippen LogP contribution in [0.2, 0.25) is 0 Å². The second kappa shape index (κ2) is 5.80. The van der Waals surface area contributed by atoms with Gasteiger partial charge in [-0.15, -0.1) is 10.2 Å². The summed E-state index contributed by atoms with van der Waals surface area (Å²) in [6.07, 6.45) is 0. The number of nitrogens with two attached hydrogens (primary N) is 1. The maximum Gasteiger partial charge on any atom is 0.212 e. The number of aromatic nitrogens is 4. The maximum atomic E-state index is 5.55. The quantitative estimate of drug-likeness (QED) is 0.773. The SMILES string of the molecule is Cn1nnc(COc2cccc(C#CCN)c2)n1. The van der Waals surface area contributed by atoms with Crippen molar-refractivity contribution < 1.29 is 4.74 Å². The highest BCUT2D eigenvalue weighted by Crippen LogP contribution is 2.13. The van der Waals surface area contributed by atoms with Crippen molar-refractivity contribution in [3.63, 3.8) is 0 Å². The molecule has 0 amide bonds. The molecule has 0 unspecified atom stereocenters. The summed E-state index contributed by atoms with van der Waals surface area (Å²) in [5.41, 5.74) is 6.19. The molecule has 0 spiro atoms. The van der Waals surface area contributed by atoms with Gasteiger partial charge in [0.2, 0.25) is 5.82 Å². The molecule has 0 saturated heterocycles. The number of hydrogen-bond donors (Lipinski definition) is 1. The summed E-state index contributed by atoms with van der Waals surface area (Å²) in [4.78, 5) is 1.39. The van der Waals surface area contributed by atoms with Crippen LogP contribution in [0, 0.1) is 11.8 Å². The molecular formula is C12H13N5O. The van der Waals surface area contributed by atoms with E-state index in [0.717, 1.165) is 5.56 Å². The summed E-state index contributed by atoms with van der Waals surface area (Å²) in [5, 5.41) is 11.6. The summed E-state index contributed by atoms with van der Waals surface area (Å²) in [5.74, 6) is 6.99. The standard InChI is InChI=1S/C12H13N5O/c1-17-15-12(14-16-17)9-18-11-6-2-4-10(8-11)5-3-7-13/h2,4,6,8H,7,9,13H2,1H3. The Morgan fingerprint density at radius 3 is 3.06 bits per heavy atom. The Labute approximate surface area is 105 Å². The van der Waals surface area contributed by atoms with E-state index in [9.17, 15) is 0 Å². The zero-order chi connectivity index (χ0) is 12.8. The molecule has 92 valence electrons. The number of rotatable bonds is 3. The third kappa shape index (κ3) is 3.30. The molecule has 0 fully saturated rings. The van der Waals surface area contributed by atoms with Gasteiger partial charge >= 0.3 is 0 Å². The van der Waals surface area contributed by atoms with Gasteiger partial charge in [0.05, 0.1) is 13.6 Å². The minimum Gasteiger partial charge on any atom is -0.485 e. The number of aryl methyl sites for hydroxylation is 1. The van der Waals surface area contributed by atoms with Gasteiger partial charge < -0.3 is 10.5 Å². The Balaban J connectivity index is 2.01. The lowest BCUT2D eigenvalue weighted by atomic mass is 10.2. The first-order chi connectivity index (χ1) is 8.78. The predicted octanol–water partition coefficient (Wildman–Crippen LogP) is 0.0993. The number of tetrazole rings is 1. The van der Waals surface area contributed by atoms with Gasteiger partial charge in [-0.1, -0.05) is 17.9 Å². The van der Waals surface area contributed by atoms with Crippen LogP contribution in [0.4, 0.5) is 0 Å². The normalized spacial score (nSPS) is 9.67. The monoisotopic (exact) mass is 243 g/mol. The molecule has 6 nitrogen and oxygen atoms in total. The van der Waals surface area contributed by atoms with Gasteiger partial charge in [-0.05, 0) is 23.4 Å². The van der Waals surface area contributed by atoms with Gasteiger partial charge in [0.15, 0.2) is 6.61 Å². The van der Waals surface area contributed by atoms with E-state index in [0.29, 0.717) is 18.1 Å². The lowest BCUT2D eigenvalue weighted by Gasteiger charge is -2.03. The molecule has 0 saturated carbocycles. The van der Waals surface area contributed by atoms with Crippen LogP contribution in [0.3, 0.4) is 0 Å². The lowest BCUT2D eigenvalue weighted by molar-refractivity contribution is 0.295. The van der Waals surface area contributed by atoms with E-state index in [1.807, 2.05) is 24.3 Å². The topological polar surface area (TPSA) is 78.8 Å². The smallest absolute Gasteiger partial charge is 0.212 e. The molecule has 1 heterocycles. The molecule has 2 rings (SSSR count). The molecule has 18 heavy (non-hydrogen) atoms. The van der Waals surface area contributed by atoms with Crippen LogP contribution in [-0.4, -0.2) is 26.8 Å². The van der Waals surface area contributed by atoms with Crippen molar-refractivity contribution in [2.24, 2.45) is 12.8 Å². The van der Waals surface area contributed by atoms with Crippen LogP contribution in [-0.2, 0) is 13.7 Å². The van der Waals surface area contributed by atoms with E-state index >= 15 is 0 Å². The van der Waals surface area contributed by atoms with E-state index in [-0.39, 0.29) is 6.61 Å². The highest BCUT2D eigenvalue weighted by molar-refractivity contribution is 5.39. The molecule has 1 aromatic heterocycles. The summed E-state index contributed by atoms with van der Waals surface area (Å²) in [6, 6.07) is 7.47. The second-order valence-corrected chi connectivity index (χ2v) is 3.52. The Kier molecular flexibility index (Phi) is 3.89. The molecular weight excluding hydrogens is 230 g/mol. The van der Waals surface area contributed by atoms with Crippen molar-refractivity contribution in [3.05, 3.63) is 35.7 Å². The van der Waals surface area contributed by atoms with Crippen LogP contribution in [0.5, 0.6) is 5.75 Å². The zero-order valence-electron chi connectivity index (χ0n) is 10.00. The summed E-state index contributed by atoms with van der Waals surface area (Å²) in [6.45, 7) is 0.621. The van der Waals surface area contributed by atoms with E-state index in [2.05, 4.69) is 27.3 Å². The van der Waals surface area contributed by atoms with Crippen LogP contribution >= 0.6 is 0 Å². The molecule has 0 aliphatic carbocycles. The van der Waals surface area contributed by atoms with E-state index < -0.39 is 0 Å². The number of benzene rings is 1. The van der Waals surface area contributed by atoms with Crippen LogP contribution in [0.25, 0.3) is 0 Å². The van der Waals surface area contributed by atoms with Gasteiger partial charge in [0.25, 0.3) is 0 Å². The first-order valence-corrected chi connectivity index (χ1v) is 5.42. The van der Waals surface area contributed by atoms with Crippen molar-refractivity contribution >= 4 is 0 Å². The number of ether oxygens (including phenoxy) is 1. The third-order valence-corrected chi connectivity index (χ3v) is 2.09. The van der Waals surface area contributed by atoms with Crippen LogP contribution < -0.4 is 10.5 Å². The average molecular weight is 243 g/mol. The Hall–Kier alpha value is -2.39. The fraction of sp³-hybridized carbons (Fsp3) is 0.250. The Morgan fingerprint density at radius 2 is 2.33 bits per heavy atom. The minimum atomic E-state index is 0.279. The molecule has 0 aliphatic rings. The molecule has 0 radical (unpaired) electrons. The third-order valence-electron chi connectivity index (χ3n) is 2.09. The predicted molar refractivity (Wildman–Crippen MR) is 65.5 cm³/mol. The highest BCUT2D eigenvalue weighted by atomic mass is 16.5. The number of nitrogens with zero attached hydrogens (tertiary/aromatic N) is 4. The summed E-state index contributed by atoms with van der Waals surface area (Å²) < 4.78 is 5.55. The zero-order valence-corrected chi connectivity index (χ0v) is 10.00. The van der Waals surface area contributed by atoms with E-state index in [1.165, 1.54) is 4.80 Å².